The van der Waals surface area contributed by atoms with Gasteiger partial charge in [-0.2, -0.15) is 0 Å². The normalized spacial score (nSPS) is 12.6. The van der Waals surface area contributed by atoms with Crippen LogP contribution in [-0.2, 0) is 15.4 Å². The molecule has 0 saturated heterocycles. The number of rotatable bonds is 7. The third-order valence-electron chi connectivity index (χ3n) is 3.13. The molecule has 1 aromatic carbocycles. The van der Waals surface area contributed by atoms with Crippen LogP contribution in [0.3, 0.4) is 0 Å². The van der Waals surface area contributed by atoms with Crippen molar-refractivity contribution in [3.8, 4) is 0 Å². The molecule has 0 unspecified atom stereocenters. The van der Waals surface area contributed by atoms with Gasteiger partial charge in [0.1, 0.15) is 0 Å². The highest BCUT2D eigenvalue weighted by Crippen LogP contribution is 2.24. The van der Waals surface area contributed by atoms with Crippen LogP contribution in [-0.4, -0.2) is 20.7 Å². The molecule has 0 aliphatic heterocycles. The summed E-state index contributed by atoms with van der Waals surface area (Å²) < 4.78 is 26.3. The summed E-state index contributed by atoms with van der Waals surface area (Å²) >= 11 is 5.86. The Labute approximate surface area is 121 Å². The molecule has 1 aromatic rings. The number of nitrogens with one attached hydrogen (secondary N) is 1. The maximum atomic E-state index is 11.8. The molecule has 0 bridgehead atoms. The number of hydrogen-bond donors (Lipinski definition) is 1. The summed E-state index contributed by atoms with van der Waals surface area (Å²) in [6.07, 6.45) is 1.57. The molecule has 0 saturated carbocycles. The molecule has 108 valence electrons. The van der Waals surface area contributed by atoms with Crippen molar-refractivity contribution >= 4 is 21.6 Å². The minimum Gasteiger partial charge on any atom is -0.214 e. The molecule has 5 heteroatoms. The Hall–Kier alpha value is -0.580. The van der Waals surface area contributed by atoms with E-state index in [4.69, 9.17) is 11.6 Å². The number of benzene rings is 1. The molecular weight excluding hydrogens is 282 g/mol. The highest BCUT2D eigenvalue weighted by molar-refractivity contribution is 7.89. The zero-order valence-corrected chi connectivity index (χ0v) is 13.3. The van der Waals surface area contributed by atoms with Gasteiger partial charge in [0, 0.05) is 17.0 Å². The smallest absolute Gasteiger partial charge is 0.211 e. The van der Waals surface area contributed by atoms with Gasteiger partial charge in [-0.1, -0.05) is 50.9 Å². The lowest BCUT2D eigenvalue weighted by atomic mass is 9.85. The van der Waals surface area contributed by atoms with E-state index in [0.29, 0.717) is 18.0 Å². The number of sulfonamides is 1. The van der Waals surface area contributed by atoms with Gasteiger partial charge in [0.25, 0.3) is 0 Å². The topological polar surface area (TPSA) is 46.2 Å². The number of unbranched alkanes of at least 4 members (excludes halogenated alkanes) is 1. The van der Waals surface area contributed by atoms with Gasteiger partial charge in [0.2, 0.25) is 10.0 Å². The minimum atomic E-state index is -3.17. The molecule has 3 nitrogen and oxygen atoms in total. The van der Waals surface area contributed by atoms with E-state index in [1.54, 1.807) is 0 Å². The Morgan fingerprint density at radius 1 is 1.21 bits per heavy atom. The zero-order valence-electron chi connectivity index (χ0n) is 11.7. The molecule has 1 N–H and O–H groups in total. The molecular formula is C14H22ClNO2S. The van der Waals surface area contributed by atoms with Gasteiger partial charge in [-0.25, -0.2) is 13.1 Å². The molecule has 1 rings (SSSR count). The van der Waals surface area contributed by atoms with Gasteiger partial charge in [-0.05, 0) is 24.1 Å². The van der Waals surface area contributed by atoms with Crippen molar-refractivity contribution in [3.05, 3.63) is 34.9 Å². The third-order valence-corrected chi connectivity index (χ3v) is 4.79. The van der Waals surface area contributed by atoms with Crippen molar-refractivity contribution in [1.29, 1.82) is 0 Å². The average Bonchev–Trinajstić information content (AvgIpc) is 2.35. The second kappa shape index (κ2) is 6.73. The molecule has 0 fully saturated rings. The van der Waals surface area contributed by atoms with Gasteiger partial charge in [-0.15, -0.1) is 0 Å². The summed E-state index contributed by atoms with van der Waals surface area (Å²) in [6, 6.07) is 7.51. The molecule has 0 atom stereocenters. The highest BCUT2D eigenvalue weighted by atomic mass is 35.5. The Morgan fingerprint density at radius 2 is 1.79 bits per heavy atom. The summed E-state index contributed by atoms with van der Waals surface area (Å²) in [5.74, 6) is 0.195. The van der Waals surface area contributed by atoms with Crippen LogP contribution >= 0.6 is 11.6 Å². The highest BCUT2D eigenvalue weighted by Gasteiger charge is 2.23. The number of hydrogen-bond acceptors (Lipinski definition) is 2. The summed E-state index contributed by atoms with van der Waals surface area (Å²) in [4.78, 5) is 0. The molecule has 19 heavy (non-hydrogen) atoms. The molecule has 0 heterocycles. The van der Waals surface area contributed by atoms with E-state index in [0.717, 1.165) is 12.0 Å². The minimum absolute atomic E-state index is 0.195. The van der Waals surface area contributed by atoms with Crippen LogP contribution in [0.5, 0.6) is 0 Å². The molecule has 0 amide bonds. The predicted molar refractivity (Wildman–Crippen MR) is 81.2 cm³/mol. The first-order chi connectivity index (χ1) is 8.77. The third kappa shape index (κ3) is 5.51. The van der Waals surface area contributed by atoms with E-state index in [2.05, 4.69) is 4.72 Å². The molecule has 0 aliphatic carbocycles. The van der Waals surface area contributed by atoms with Crippen LogP contribution in [0.2, 0.25) is 5.02 Å². The monoisotopic (exact) mass is 303 g/mol. The lowest BCUT2D eigenvalue weighted by molar-refractivity contribution is 0.501. The van der Waals surface area contributed by atoms with Gasteiger partial charge >= 0.3 is 0 Å². The molecule has 0 spiro atoms. The van der Waals surface area contributed by atoms with Crippen LogP contribution in [0.15, 0.2) is 24.3 Å². The first kappa shape index (κ1) is 16.5. The number of halogens is 1. The Balaban J connectivity index is 2.67. The van der Waals surface area contributed by atoms with Crippen molar-refractivity contribution in [1.82, 2.24) is 4.72 Å². The van der Waals surface area contributed by atoms with Crippen LogP contribution in [0, 0.1) is 0 Å². The lowest BCUT2D eigenvalue weighted by Gasteiger charge is -2.25. The maximum Gasteiger partial charge on any atom is 0.211 e. The summed E-state index contributed by atoms with van der Waals surface area (Å²) in [5.41, 5.74) is 0.805. The van der Waals surface area contributed by atoms with Crippen LogP contribution in [0.25, 0.3) is 0 Å². The Kier molecular flexibility index (Phi) is 5.83. The fraction of sp³-hybridized carbons (Fsp3) is 0.571. The van der Waals surface area contributed by atoms with Crippen LogP contribution in [0.4, 0.5) is 0 Å². The van der Waals surface area contributed by atoms with E-state index in [1.165, 1.54) is 0 Å². The summed E-state index contributed by atoms with van der Waals surface area (Å²) in [5, 5.41) is 0.683. The van der Waals surface area contributed by atoms with E-state index in [1.807, 2.05) is 45.0 Å². The maximum absolute atomic E-state index is 11.8. The quantitative estimate of drug-likeness (QED) is 0.840. The molecule has 0 aliphatic rings. The first-order valence-electron chi connectivity index (χ1n) is 6.50. The van der Waals surface area contributed by atoms with Crippen LogP contribution in [0.1, 0.15) is 39.2 Å². The van der Waals surface area contributed by atoms with Crippen LogP contribution < -0.4 is 4.72 Å². The van der Waals surface area contributed by atoms with E-state index in [9.17, 15) is 8.42 Å². The van der Waals surface area contributed by atoms with Gasteiger partial charge < -0.3 is 0 Å². The van der Waals surface area contributed by atoms with E-state index < -0.39 is 10.0 Å². The fourth-order valence-corrected chi connectivity index (χ4v) is 3.22. The summed E-state index contributed by atoms with van der Waals surface area (Å²) in [7, 11) is -3.17. The van der Waals surface area contributed by atoms with E-state index >= 15 is 0 Å². The first-order valence-corrected chi connectivity index (χ1v) is 8.53. The predicted octanol–water partition coefficient (Wildman–Crippen LogP) is 3.34. The van der Waals surface area contributed by atoms with E-state index in [-0.39, 0.29) is 11.2 Å². The largest absolute Gasteiger partial charge is 0.214 e. The van der Waals surface area contributed by atoms with Crippen molar-refractivity contribution in [2.45, 2.75) is 39.0 Å². The average molecular weight is 304 g/mol. The van der Waals surface area contributed by atoms with Crippen molar-refractivity contribution < 1.29 is 8.42 Å². The van der Waals surface area contributed by atoms with Crippen molar-refractivity contribution in [2.75, 3.05) is 12.3 Å². The second-order valence-electron chi connectivity index (χ2n) is 5.38. The molecule has 0 aromatic heterocycles. The van der Waals surface area contributed by atoms with Crippen molar-refractivity contribution in [3.63, 3.8) is 0 Å². The zero-order chi connectivity index (χ0) is 14.5. The Morgan fingerprint density at radius 3 is 2.32 bits per heavy atom. The second-order valence-corrected chi connectivity index (χ2v) is 7.75. The van der Waals surface area contributed by atoms with Gasteiger partial charge in [-0.3, -0.25) is 0 Å². The SMILES string of the molecule is CCCCS(=O)(=O)NCC(C)(C)c1ccc(Cl)cc1. The Bertz CT molecular complexity index is 495. The van der Waals surface area contributed by atoms with Crippen molar-refractivity contribution in [2.24, 2.45) is 0 Å². The van der Waals surface area contributed by atoms with Gasteiger partial charge in [0.05, 0.1) is 5.75 Å². The molecule has 0 radical (unpaired) electrons. The van der Waals surface area contributed by atoms with Gasteiger partial charge in [0.15, 0.2) is 0 Å². The fourth-order valence-electron chi connectivity index (χ4n) is 1.70. The standard InChI is InChI=1S/C14H22ClNO2S/c1-4-5-10-19(17,18)16-11-14(2,3)12-6-8-13(15)9-7-12/h6-9,16H,4-5,10-11H2,1-3H3. The summed E-state index contributed by atoms with van der Waals surface area (Å²) in [6.45, 7) is 6.39. The lowest BCUT2D eigenvalue weighted by Crippen LogP contribution is -2.37.